The second-order valence-electron chi connectivity index (χ2n) is 7.43. The summed E-state index contributed by atoms with van der Waals surface area (Å²) < 4.78 is 23.2. The van der Waals surface area contributed by atoms with Gasteiger partial charge in [0.15, 0.2) is 9.84 Å². The minimum Gasteiger partial charge on any atom is -0.364 e. The van der Waals surface area contributed by atoms with Crippen molar-refractivity contribution in [1.29, 1.82) is 0 Å². The molecule has 1 fully saturated rings. The highest BCUT2D eigenvalue weighted by Gasteiger charge is 2.21. The van der Waals surface area contributed by atoms with Crippen molar-refractivity contribution < 1.29 is 18.0 Å². The molecule has 4 rings (SSSR count). The molecule has 0 spiro atoms. The molecule has 1 aliphatic heterocycles. The van der Waals surface area contributed by atoms with E-state index in [4.69, 9.17) is 5.73 Å². The zero-order valence-electron chi connectivity index (χ0n) is 16.2. The summed E-state index contributed by atoms with van der Waals surface area (Å²) in [5.74, 6) is -0.443. The summed E-state index contributed by atoms with van der Waals surface area (Å²) in [4.78, 5) is 29.0. The normalized spacial score (nSPS) is 16.4. The molecule has 0 bridgehead atoms. The zero-order chi connectivity index (χ0) is 21.3. The number of hydrogen-bond acceptors (Lipinski definition) is 5. The SMILES string of the molecule is NC(=O)c1cc2cc(NC(=O)c3cccc(CN4CCS(=O)(=O)CC4)c3)ccc2[nH]1. The highest BCUT2D eigenvalue weighted by atomic mass is 32.2. The van der Waals surface area contributed by atoms with Crippen molar-refractivity contribution in [2.24, 2.45) is 5.73 Å². The van der Waals surface area contributed by atoms with Crippen LogP contribution in [0.3, 0.4) is 0 Å². The Kier molecular flexibility index (Phi) is 5.31. The minimum absolute atomic E-state index is 0.173. The second kappa shape index (κ2) is 7.92. The highest BCUT2D eigenvalue weighted by molar-refractivity contribution is 7.91. The minimum atomic E-state index is -2.92. The number of sulfone groups is 1. The number of aromatic amines is 1. The van der Waals surface area contributed by atoms with Crippen LogP contribution in [0.15, 0.2) is 48.5 Å². The number of anilines is 1. The van der Waals surface area contributed by atoms with Crippen molar-refractivity contribution in [3.63, 3.8) is 0 Å². The molecule has 8 nitrogen and oxygen atoms in total. The van der Waals surface area contributed by atoms with E-state index in [1.165, 1.54) is 0 Å². The van der Waals surface area contributed by atoms with Crippen molar-refractivity contribution >= 4 is 38.2 Å². The number of benzene rings is 2. The number of carbonyl (C=O) groups is 2. The first-order valence-corrected chi connectivity index (χ1v) is 11.4. The van der Waals surface area contributed by atoms with Gasteiger partial charge in [-0.3, -0.25) is 14.5 Å². The third-order valence-corrected chi connectivity index (χ3v) is 6.79. The Balaban J connectivity index is 1.45. The molecule has 0 aliphatic carbocycles. The van der Waals surface area contributed by atoms with Crippen molar-refractivity contribution in [2.45, 2.75) is 6.54 Å². The Labute approximate surface area is 174 Å². The van der Waals surface area contributed by atoms with Gasteiger partial charge in [0.05, 0.1) is 11.5 Å². The van der Waals surface area contributed by atoms with Gasteiger partial charge in [-0.2, -0.15) is 0 Å². The molecule has 1 aliphatic rings. The lowest BCUT2D eigenvalue weighted by Crippen LogP contribution is -2.39. The summed E-state index contributed by atoms with van der Waals surface area (Å²) in [6.45, 7) is 1.60. The molecule has 4 N–H and O–H groups in total. The fraction of sp³-hybridized carbons (Fsp3) is 0.238. The highest BCUT2D eigenvalue weighted by Crippen LogP contribution is 2.21. The number of nitrogens with two attached hydrogens (primary N) is 1. The van der Waals surface area contributed by atoms with Crippen LogP contribution in [-0.4, -0.2) is 54.7 Å². The summed E-state index contributed by atoms with van der Waals surface area (Å²) >= 11 is 0. The average molecular weight is 426 g/mol. The number of primary amides is 1. The lowest BCUT2D eigenvalue weighted by molar-refractivity contribution is 0.0994. The van der Waals surface area contributed by atoms with Gasteiger partial charge in [-0.1, -0.05) is 12.1 Å². The van der Waals surface area contributed by atoms with E-state index in [2.05, 4.69) is 15.2 Å². The van der Waals surface area contributed by atoms with E-state index < -0.39 is 15.7 Å². The maximum Gasteiger partial charge on any atom is 0.265 e. The Morgan fingerprint density at radius 3 is 2.57 bits per heavy atom. The maximum absolute atomic E-state index is 12.7. The second-order valence-corrected chi connectivity index (χ2v) is 9.74. The molecule has 0 radical (unpaired) electrons. The Morgan fingerprint density at radius 2 is 1.83 bits per heavy atom. The fourth-order valence-corrected chi connectivity index (χ4v) is 4.80. The molecule has 2 heterocycles. The Bertz CT molecular complexity index is 1220. The lowest BCUT2D eigenvalue weighted by Gasteiger charge is -2.26. The number of rotatable bonds is 5. The van der Waals surface area contributed by atoms with Crippen LogP contribution >= 0.6 is 0 Å². The molecular formula is C21H22N4O4S. The first-order chi connectivity index (χ1) is 14.3. The topological polar surface area (TPSA) is 125 Å². The van der Waals surface area contributed by atoms with Gasteiger partial charge in [-0.05, 0) is 42.0 Å². The zero-order valence-corrected chi connectivity index (χ0v) is 17.0. The number of H-pyrrole nitrogens is 1. The van der Waals surface area contributed by atoms with Crippen molar-refractivity contribution in [1.82, 2.24) is 9.88 Å². The van der Waals surface area contributed by atoms with E-state index in [-0.39, 0.29) is 17.4 Å². The summed E-state index contributed by atoms with van der Waals surface area (Å²) in [5, 5.41) is 3.64. The van der Waals surface area contributed by atoms with E-state index in [9.17, 15) is 18.0 Å². The van der Waals surface area contributed by atoms with E-state index in [0.717, 1.165) is 16.5 Å². The van der Waals surface area contributed by atoms with Crippen LogP contribution in [0.25, 0.3) is 10.9 Å². The number of aromatic nitrogens is 1. The molecule has 2 amide bonds. The standard InChI is InChI=1S/C21H22N4O4S/c22-20(26)19-12-16-11-17(4-5-18(16)24-19)23-21(27)15-3-1-2-14(10-15)13-25-6-8-30(28,29)9-7-25/h1-5,10-12,24H,6-9,13H2,(H2,22,26)(H,23,27). The van der Waals surface area contributed by atoms with Gasteiger partial charge in [-0.25, -0.2) is 8.42 Å². The molecule has 1 saturated heterocycles. The van der Waals surface area contributed by atoms with Crippen LogP contribution in [0.1, 0.15) is 26.4 Å². The third-order valence-electron chi connectivity index (χ3n) is 5.18. The smallest absolute Gasteiger partial charge is 0.265 e. The first kappa shape index (κ1) is 20.1. The first-order valence-electron chi connectivity index (χ1n) is 9.55. The van der Waals surface area contributed by atoms with E-state index in [1.54, 1.807) is 30.3 Å². The predicted molar refractivity (Wildman–Crippen MR) is 115 cm³/mol. The van der Waals surface area contributed by atoms with Crippen LogP contribution < -0.4 is 11.1 Å². The monoisotopic (exact) mass is 426 g/mol. The molecule has 30 heavy (non-hydrogen) atoms. The molecule has 1 aromatic heterocycles. The maximum atomic E-state index is 12.7. The van der Waals surface area contributed by atoms with Crippen LogP contribution in [0.2, 0.25) is 0 Å². The average Bonchev–Trinajstić information content (AvgIpc) is 3.14. The number of fused-ring (bicyclic) bond motifs is 1. The van der Waals surface area contributed by atoms with E-state index in [0.29, 0.717) is 36.6 Å². The van der Waals surface area contributed by atoms with Crippen LogP contribution in [0, 0.1) is 0 Å². The van der Waals surface area contributed by atoms with Crippen LogP contribution in [-0.2, 0) is 16.4 Å². The van der Waals surface area contributed by atoms with Gasteiger partial charge in [0.1, 0.15) is 5.69 Å². The molecule has 0 unspecified atom stereocenters. The number of nitrogens with zero attached hydrogens (tertiary/aromatic N) is 1. The third kappa shape index (κ3) is 4.52. The molecule has 2 aromatic carbocycles. The molecule has 3 aromatic rings. The summed E-state index contributed by atoms with van der Waals surface area (Å²) in [7, 11) is -2.92. The van der Waals surface area contributed by atoms with Crippen molar-refractivity contribution in [2.75, 3.05) is 29.9 Å². The Morgan fingerprint density at radius 1 is 1.07 bits per heavy atom. The van der Waals surface area contributed by atoms with E-state index in [1.807, 2.05) is 18.2 Å². The largest absolute Gasteiger partial charge is 0.364 e. The van der Waals surface area contributed by atoms with Gasteiger partial charge >= 0.3 is 0 Å². The quantitative estimate of drug-likeness (QED) is 0.573. The van der Waals surface area contributed by atoms with Gasteiger partial charge in [0.25, 0.3) is 11.8 Å². The number of carbonyl (C=O) groups excluding carboxylic acids is 2. The van der Waals surface area contributed by atoms with Gasteiger partial charge in [0.2, 0.25) is 0 Å². The van der Waals surface area contributed by atoms with Crippen molar-refractivity contribution in [3.8, 4) is 0 Å². The van der Waals surface area contributed by atoms with Crippen molar-refractivity contribution in [3.05, 3.63) is 65.4 Å². The van der Waals surface area contributed by atoms with Gasteiger partial charge in [0, 0.05) is 41.8 Å². The summed E-state index contributed by atoms with van der Waals surface area (Å²) in [6, 6.07) is 14.2. The lowest BCUT2D eigenvalue weighted by atomic mass is 10.1. The number of nitrogens with one attached hydrogen (secondary N) is 2. The fourth-order valence-electron chi connectivity index (χ4n) is 3.52. The predicted octanol–water partition coefficient (Wildman–Crippen LogP) is 1.75. The number of amides is 2. The molecule has 156 valence electrons. The van der Waals surface area contributed by atoms with Gasteiger partial charge in [-0.15, -0.1) is 0 Å². The molecule has 9 heteroatoms. The van der Waals surface area contributed by atoms with E-state index >= 15 is 0 Å². The molecule has 0 atom stereocenters. The summed E-state index contributed by atoms with van der Waals surface area (Å²) in [6.07, 6.45) is 0. The summed E-state index contributed by atoms with van der Waals surface area (Å²) in [5.41, 5.74) is 8.44. The number of hydrogen-bond donors (Lipinski definition) is 3. The Hall–Kier alpha value is -3.17. The molecule has 0 saturated carbocycles. The van der Waals surface area contributed by atoms with Gasteiger partial charge < -0.3 is 16.0 Å². The molecular weight excluding hydrogens is 404 g/mol. The van der Waals surface area contributed by atoms with Crippen LogP contribution in [0.4, 0.5) is 5.69 Å². The van der Waals surface area contributed by atoms with Crippen LogP contribution in [0.5, 0.6) is 0 Å².